The van der Waals surface area contributed by atoms with Gasteiger partial charge in [0.1, 0.15) is 11.6 Å². The number of ether oxygens (including phenoxy) is 1. The summed E-state index contributed by atoms with van der Waals surface area (Å²) in [5.41, 5.74) is 0.0994. The van der Waals surface area contributed by atoms with Crippen molar-refractivity contribution in [3.8, 4) is 5.75 Å². The molecule has 0 spiro atoms. The molecule has 10 heteroatoms. The minimum Gasteiger partial charge on any atom is -0.493 e. The molecule has 1 N–H and O–H groups in total. The van der Waals surface area contributed by atoms with E-state index in [9.17, 15) is 26.7 Å². The quantitative estimate of drug-likeness (QED) is 0.117. The van der Waals surface area contributed by atoms with Crippen LogP contribution in [0.2, 0.25) is 0 Å². The number of hydrogen-bond donors (Lipinski definition) is 1. The van der Waals surface area contributed by atoms with Gasteiger partial charge in [-0.15, -0.1) is 0 Å². The summed E-state index contributed by atoms with van der Waals surface area (Å²) in [6.07, 6.45) is -3.13. The van der Waals surface area contributed by atoms with E-state index in [0.717, 1.165) is 29.5 Å². The van der Waals surface area contributed by atoms with Crippen LogP contribution in [0.25, 0.3) is 0 Å². The van der Waals surface area contributed by atoms with Crippen LogP contribution >= 0.6 is 0 Å². The fraction of sp³-hybridized carbons (Fsp3) is 0.333. The molecule has 0 aromatic heterocycles. The maximum absolute atomic E-state index is 15.0. The Morgan fingerprint density at radius 1 is 0.891 bits per heavy atom. The minimum atomic E-state index is -4.48. The molecule has 46 heavy (non-hydrogen) atoms. The fourth-order valence-electron chi connectivity index (χ4n) is 5.68. The second-order valence-corrected chi connectivity index (χ2v) is 14.0. The summed E-state index contributed by atoms with van der Waals surface area (Å²) in [7, 11) is -3.89. The third-order valence-electron chi connectivity index (χ3n) is 7.92. The van der Waals surface area contributed by atoms with Crippen molar-refractivity contribution >= 4 is 9.84 Å². The van der Waals surface area contributed by atoms with Crippen LogP contribution in [0.15, 0.2) is 95.9 Å². The number of alkyl halides is 3. The zero-order valence-corrected chi connectivity index (χ0v) is 27.1. The Balaban J connectivity index is 1.60. The maximum atomic E-state index is 15.0. The third-order valence-corrected chi connectivity index (χ3v) is 9.04. The lowest BCUT2D eigenvalue weighted by Crippen LogP contribution is -2.31. The second kappa shape index (κ2) is 14.4. The lowest BCUT2D eigenvalue weighted by Gasteiger charge is -2.29. The summed E-state index contributed by atoms with van der Waals surface area (Å²) in [6, 6.07) is 26.2. The summed E-state index contributed by atoms with van der Waals surface area (Å²) < 4.78 is 86.9. The van der Waals surface area contributed by atoms with Crippen LogP contribution in [0.1, 0.15) is 59.6 Å². The summed E-state index contributed by atoms with van der Waals surface area (Å²) in [5, 5.41) is 10.4. The second-order valence-electron chi connectivity index (χ2n) is 12.0. The van der Waals surface area contributed by atoms with Crippen molar-refractivity contribution < 1.29 is 35.8 Å². The lowest BCUT2D eigenvalue weighted by atomic mass is 9.90. The standard InChI is InChI=1S/C36H39F4NO4S/c1-25-28(17-11-18-31(25)36(38,39)40)23-41(24-30(26-13-7-5-8-14-26)27-15-9-6-10-16-27)19-12-20-45-29-21-32(37)34(35(2,3)42)33(22-29)46(4,43)44/h5-11,13-18,21-22,30,42H,12,19-20,23-24H2,1-4H3. The van der Waals surface area contributed by atoms with Crippen LogP contribution in [-0.2, 0) is 28.2 Å². The van der Waals surface area contributed by atoms with Crippen molar-refractivity contribution in [2.45, 2.75) is 56.3 Å². The molecule has 0 atom stereocenters. The number of halogens is 4. The molecule has 0 fully saturated rings. The van der Waals surface area contributed by atoms with Crippen LogP contribution < -0.4 is 4.74 Å². The molecule has 4 aromatic carbocycles. The van der Waals surface area contributed by atoms with Crippen molar-refractivity contribution in [2.75, 3.05) is 26.0 Å². The van der Waals surface area contributed by atoms with E-state index < -0.39 is 33.0 Å². The van der Waals surface area contributed by atoms with Gasteiger partial charge in [0.15, 0.2) is 9.84 Å². The van der Waals surface area contributed by atoms with E-state index >= 15 is 4.39 Å². The molecule has 5 nitrogen and oxygen atoms in total. The molecule has 4 rings (SSSR count). The van der Waals surface area contributed by atoms with Gasteiger partial charge in [0.2, 0.25) is 0 Å². The number of nitrogens with zero attached hydrogens (tertiary/aromatic N) is 1. The Morgan fingerprint density at radius 2 is 1.48 bits per heavy atom. The van der Waals surface area contributed by atoms with Gasteiger partial charge >= 0.3 is 6.18 Å². The first-order valence-electron chi connectivity index (χ1n) is 14.9. The molecular weight excluding hydrogens is 618 g/mol. The predicted octanol–water partition coefficient (Wildman–Crippen LogP) is 7.89. The number of benzene rings is 4. The summed E-state index contributed by atoms with van der Waals surface area (Å²) in [6.45, 7) is 5.35. The van der Waals surface area contributed by atoms with Crippen molar-refractivity contribution in [1.29, 1.82) is 0 Å². The highest BCUT2D eigenvalue weighted by molar-refractivity contribution is 7.90. The van der Waals surface area contributed by atoms with Gasteiger partial charge in [-0.2, -0.15) is 13.2 Å². The van der Waals surface area contributed by atoms with Crippen molar-refractivity contribution in [1.82, 2.24) is 4.90 Å². The number of aliphatic hydroxyl groups is 1. The largest absolute Gasteiger partial charge is 0.493 e. The third kappa shape index (κ3) is 8.96. The summed E-state index contributed by atoms with van der Waals surface area (Å²) >= 11 is 0. The van der Waals surface area contributed by atoms with E-state index in [2.05, 4.69) is 4.90 Å². The normalized spacial score (nSPS) is 12.6. The molecule has 0 unspecified atom stereocenters. The molecule has 0 aliphatic heterocycles. The number of rotatable bonds is 13. The van der Waals surface area contributed by atoms with Gasteiger partial charge in [-0.1, -0.05) is 72.8 Å². The van der Waals surface area contributed by atoms with E-state index in [1.165, 1.54) is 32.9 Å². The molecule has 0 aliphatic rings. The molecule has 0 aliphatic carbocycles. The molecule has 0 amide bonds. The van der Waals surface area contributed by atoms with Gasteiger partial charge in [0.05, 0.1) is 22.7 Å². The monoisotopic (exact) mass is 657 g/mol. The van der Waals surface area contributed by atoms with Gasteiger partial charge in [-0.25, -0.2) is 12.8 Å². The van der Waals surface area contributed by atoms with E-state index in [1.54, 1.807) is 6.07 Å². The maximum Gasteiger partial charge on any atom is 0.416 e. The van der Waals surface area contributed by atoms with Gasteiger partial charge in [-0.05, 0) is 61.6 Å². The lowest BCUT2D eigenvalue weighted by molar-refractivity contribution is -0.138. The fourth-order valence-corrected chi connectivity index (χ4v) is 6.72. The highest BCUT2D eigenvalue weighted by atomic mass is 32.2. The SMILES string of the molecule is Cc1c(CN(CCCOc2cc(F)c(C(C)(C)O)c(S(C)(=O)=O)c2)CC(c2ccccc2)c2ccccc2)cccc1C(F)(F)F. The molecule has 0 radical (unpaired) electrons. The average Bonchev–Trinajstić information content (AvgIpc) is 2.97. The number of hydrogen-bond acceptors (Lipinski definition) is 5. The van der Waals surface area contributed by atoms with E-state index in [0.29, 0.717) is 25.1 Å². The summed E-state index contributed by atoms with van der Waals surface area (Å²) in [4.78, 5) is 1.72. The Kier molecular flexibility index (Phi) is 11.0. The predicted molar refractivity (Wildman–Crippen MR) is 171 cm³/mol. The van der Waals surface area contributed by atoms with Crippen LogP contribution in [0.5, 0.6) is 5.75 Å². The van der Waals surface area contributed by atoms with Crippen LogP contribution in [0.3, 0.4) is 0 Å². The average molecular weight is 658 g/mol. The molecule has 0 saturated heterocycles. The van der Waals surface area contributed by atoms with Gasteiger partial charge in [0, 0.05) is 43.4 Å². The van der Waals surface area contributed by atoms with Crippen molar-refractivity contribution in [3.05, 3.63) is 130 Å². The van der Waals surface area contributed by atoms with Crippen LogP contribution in [0.4, 0.5) is 17.6 Å². The zero-order chi connectivity index (χ0) is 33.7. The Morgan fingerprint density at radius 3 is 2.00 bits per heavy atom. The van der Waals surface area contributed by atoms with E-state index in [4.69, 9.17) is 4.74 Å². The first-order valence-corrected chi connectivity index (χ1v) is 16.8. The molecule has 0 heterocycles. The van der Waals surface area contributed by atoms with Crippen LogP contribution in [0, 0.1) is 12.7 Å². The van der Waals surface area contributed by atoms with Crippen molar-refractivity contribution in [2.24, 2.45) is 0 Å². The highest BCUT2D eigenvalue weighted by Gasteiger charge is 2.33. The van der Waals surface area contributed by atoms with Gasteiger partial charge in [0.25, 0.3) is 0 Å². The van der Waals surface area contributed by atoms with Crippen LogP contribution in [-0.4, -0.2) is 44.4 Å². The summed E-state index contributed by atoms with van der Waals surface area (Å²) in [5.74, 6) is -0.978. The Bertz CT molecular complexity index is 1680. The topological polar surface area (TPSA) is 66.8 Å². The van der Waals surface area contributed by atoms with E-state index in [1.807, 2.05) is 60.7 Å². The first-order chi connectivity index (χ1) is 21.6. The smallest absolute Gasteiger partial charge is 0.416 e. The first kappa shape index (κ1) is 35.1. The molecule has 4 aromatic rings. The Labute approximate surface area is 268 Å². The van der Waals surface area contributed by atoms with Gasteiger partial charge in [-0.3, -0.25) is 4.90 Å². The molecule has 0 saturated carbocycles. The molecular formula is C36H39F4NO4S. The van der Waals surface area contributed by atoms with Crippen molar-refractivity contribution in [3.63, 3.8) is 0 Å². The van der Waals surface area contributed by atoms with Gasteiger partial charge < -0.3 is 9.84 Å². The highest BCUT2D eigenvalue weighted by Crippen LogP contribution is 2.35. The molecule has 246 valence electrons. The molecule has 0 bridgehead atoms. The Hall–Kier alpha value is -3.73. The zero-order valence-electron chi connectivity index (χ0n) is 26.3. The van der Waals surface area contributed by atoms with E-state index in [-0.39, 0.29) is 40.8 Å². The number of sulfone groups is 1. The minimum absolute atomic E-state index is 0.00218.